The van der Waals surface area contributed by atoms with Gasteiger partial charge in [0.1, 0.15) is 0 Å². The fourth-order valence-electron chi connectivity index (χ4n) is 7.21. The Balaban J connectivity index is 1.62. The molecular weight excluding hydrogens is 260 g/mol. The van der Waals surface area contributed by atoms with Crippen LogP contribution in [0.1, 0.15) is 71.6 Å². The van der Waals surface area contributed by atoms with Crippen LogP contribution < -0.4 is 0 Å². The van der Waals surface area contributed by atoms with Crippen LogP contribution in [0.5, 0.6) is 0 Å². The zero-order valence-electron chi connectivity index (χ0n) is 13.7. The van der Waals surface area contributed by atoms with Gasteiger partial charge in [-0.05, 0) is 92.3 Å². The van der Waals surface area contributed by atoms with Crippen molar-refractivity contribution in [2.24, 2.45) is 34.5 Å². The van der Waals surface area contributed by atoms with Gasteiger partial charge in [-0.2, -0.15) is 0 Å². The summed E-state index contributed by atoms with van der Waals surface area (Å²) in [4.78, 5) is 0. The van der Waals surface area contributed by atoms with E-state index in [1.165, 1.54) is 38.5 Å². The lowest BCUT2D eigenvalue weighted by Crippen LogP contribution is -2.54. The highest BCUT2D eigenvalue weighted by molar-refractivity contribution is 5.09. The normalized spacial score (nSPS) is 60.0. The first kappa shape index (κ1) is 14.5. The van der Waals surface area contributed by atoms with E-state index in [4.69, 9.17) is 0 Å². The van der Waals surface area contributed by atoms with Crippen molar-refractivity contribution in [1.82, 2.24) is 0 Å². The van der Waals surface area contributed by atoms with E-state index in [1.807, 2.05) is 0 Å². The molecule has 21 heavy (non-hydrogen) atoms. The summed E-state index contributed by atoms with van der Waals surface area (Å²) in [6.07, 6.45) is 10.7. The van der Waals surface area contributed by atoms with Gasteiger partial charge in [-0.15, -0.1) is 0 Å². The first-order valence-electron chi connectivity index (χ1n) is 9.31. The average molecular weight is 292 g/mol. The van der Waals surface area contributed by atoms with E-state index in [2.05, 4.69) is 13.8 Å². The lowest BCUT2D eigenvalue weighted by molar-refractivity contribution is -0.133. The van der Waals surface area contributed by atoms with Gasteiger partial charge in [0, 0.05) is 0 Å². The molecule has 0 aromatic rings. The van der Waals surface area contributed by atoms with E-state index < -0.39 is 0 Å². The topological polar surface area (TPSA) is 40.5 Å². The zero-order chi connectivity index (χ0) is 14.8. The summed E-state index contributed by atoms with van der Waals surface area (Å²) in [6, 6.07) is 0. The van der Waals surface area contributed by atoms with Crippen molar-refractivity contribution in [3.63, 3.8) is 0 Å². The third kappa shape index (κ3) is 1.91. The summed E-state index contributed by atoms with van der Waals surface area (Å²) < 4.78 is 0. The molecule has 0 aromatic heterocycles. The number of hydrogen-bond donors (Lipinski definition) is 2. The van der Waals surface area contributed by atoms with Crippen LogP contribution in [0, 0.1) is 34.5 Å². The van der Waals surface area contributed by atoms with Crippen molar-refractivity contribution in [3.8, 4) is 0 Å². The van der Waals surface area contributed by atoms with E-state index in [1.54, 1.807) is 0 Å². The van der Waals surface area contributed by atoms with Crippen molar-refractivity contribution in [2.75, 3.05) is 0 Å². The van der Waals surface area contributed by atoms with Gasteiger partial charge in [0.2, 0.25) is 0 Å². The summed E-state index contributed by atoms with van der Waals surface area (Å²) in [7, 11) is 0. The Kier molecular flexibility index (Phi) is 3.25. The van der Waals surface area contributed by atoms with Gasteiger partial charge in [-0.1, -0.05) is 13.8 Å². The van der Waals surface area contributed by atoms with E-state index >= 15 is 0 Å². The third-order valence-electron chi connectivity index (χ3n) is 8.59. The minimum atomic E-state index is -0.0536. The predicted molar refractivity (Wildman–Crippen MR) is 83.7 cm³/mol. The molecular formula is C19H32O2. The molecule has 4 fully saturated rings. The van der Waals surface area contributed by atoms with Gasteiger partial charge in [-0.3, -0.25) is 0 Å². The Labute approximate surface area is 129 Å². The molecule has 2 nitrogen and oxygen atoms in total. The highest BCUT2D eigenvalue weighted by atomic mass is 16.3. The Hall–Kier alpha value is -0.0800. The van der Waals surface area contributed by atoms with Crippen LogP contribution in [-0.4, -0.2) is 22.4 Å². The van der Waals surface area contributed by atoms with Crippen LogP contribution in [0.25, 0.3) is 0 Å². The number of hydrogen-bond acceptors (Lipinski definition) is 2. The fourth-order valence-corrected chi connectivity index (χ4v) is 7.21. The monoisotopic (exact) mass is 292 g/mol. The highest BCUT2D eigenvalue weighted by Crippen LogP contribution is 2.66. The van der Waals surface area contributed by atoms with E-state index in [0.29, 0.717) is 5.41 Å². The molecule has 4 saturated carbocycles. The molecule has 2 heteroatoms. The van der Waals surface area contributed by atoms with Gasteiger partial charge in [0.25, 0.3) is 0 Å². The maximum Gasteiger partial charge on any atom is 0.0596 e. The second-order valence-electron chi connectivity index (χ2n) is 9.22. The lowest BCUT2D eigenvalue weighted by Gasteiger charge is -2.60. The Morgan fingerprint density at radius 2 is 1.48 bits per heavy atom. The van der Waals surface area contributed by atoms with Crippen LogP contribution in [0.3, 0.4) is 0 Å². The molecule has 0 radical (unpaired) electrons. The lowest BCUT2D eigenvalue weighted by atomic mass is 9.45. The first-order chi connectivity index (χ1) is 9.95. The van der Waals surface area contributed by atoms with Crippen molar-refractivity contribution in [2.45, 2.75) is 83.8 Å². The number of rotatable bonds is 0. The van der Waals surface area contributed by atoms with Crippen molar-refractivity contribution in [3.05, 3.63) is 0 Å². The van der Waals surface area contributed by atoms with Crippen LogP contribution in [0.4, 0.5) is 0 Å². The molecule has 4 rings (SSSR count). The molecule has 0 aromatic carbocycles. The molecule has 4 aliphatic rings. The van der Waals surface area contributed by atoms with E-state index in [-0.39, 0.29) is 17.6 Å². The van der Waals surface area contributed by atoms with Crippen molar-refractivity contribution in [1.29, 1.82) is 0 Å². The maximum absolute atomic E-state index is 10.5. The van der Waals surface area contributed by atoms with Gasteiger partial charge < -0.3 is 10.2 Å². The van der Waals surface area contributed by atoms with Crippen molar-refractivity contribution < 1.29 is 10.2 Å². The summed E-state index contributed by atoms with van der Waals surface area (Å²) in [5.41, 5.74) is 0.676. The highest BCUT2D eigenvalue weighted by Gasteiger charge is 2.59. The van der Waals surface area contributed by atoms with Gasteiger partial charge in [0.15, 0.2) is 0 Å². The molecule has 8 atom stereocenters. The fraction of sp³-hybridized carbons (Fsp3) is 1.00. The summed E-state index contributed by atoms with van der Waals surface area (Å²) >= 11 is 0. The molecule has 0 bridgehead atoms. The Bertz CT molecular complexity index is 422. The molecule has 0 saturated heterocycles. The summed E-state index contributed by atoms with van der Waals surface area (Å²) in [5, 5.41) is 20.5. The Morgan fingerprint density at radius 3 is 2.29 bits per heavy atom. The predicted octanol–water partition coefficient (Wildman–Crippen LogP) is 3.75. The zero-order valence-corrected chi connectivity index (χ0v) is 13.7. The molecule has 120 valence electrons. The summed E-state index contributed by atoms with van der Waals surface area (Å²) in [6.45, 7) is 4.90. The van der Waals surface area contributed by atoms with E-state index in [9.17, 15) is 10.2 Å². The number of aliphatic hydroxyl groups is 2. The van der Waals surface area contributed by atoms with Gasteiger partial charge in [0.05, 0.1) is 12.2 Å². The number of fused-ring (bicyclic) bond motifs is 5. The van der Waals surface area contributed by atoms with Crippen LogP contribution in [0.2, 0.25) is 0 Å². The first-order valence-corrected chi connectivity index (χ1v) is 9.31. The molecule has 0 aliphatic heterocycles. The van der Waals surface area contributed by atoms with Gasteiger partial charge in [-0.25, -0.2) is 0 Å². The molecule has 0 spiro atoms. The third-order valence-corrected chi connectivity index (χ3v) is 8.59. The molecule has 1 unspecified atom stereocenters. The van der Waals surface area contributed by atoms with Crippen LogP contribution in [0.15, 0.2) is 0 Å². The number of aliphatic hydroxyl groups excluding tert-OH is 2. The standard InChI is InChI=1S/C19H32O2/c1-18-9-7-13(20)11-12(18)3-4-14-15-5-6-17(21)19(15,2)10-8-16(14)18/h12-17,20-21H,3-11H2,1-2H3/t12-,13?,14-,15-,16-,17-,18-,19-/m0/s1. The molecule has 0 heterocycles. The minimum Gasteiger partial charge on any atom is -0.393 e. The average Bonchev–Trinajstić information content (AvgIpc) is 2.76. The molecule has 4 aliphatic carbocycles. The second kappa shape index (κ2) is 4.71. The Morgan fingerprint density at radius 1 is 0.762 bits per heavy atom. The van der Waals surface area contributed by atoms with Gasteiger partial charge >= 0.3 is 0 Å². The SMILES string of the molecule is C[C@]12CCC(O)C[C@@H]1CC[C@@H]1[C@@H]2CC[C@]2(C)[C@@H](O)CC[C@@H]12. The van der Waals surface area contributed by atoms with Crippen molar-refractivity contribution >= 4 is 0 Å². The summed E-state index contributed by atoms with van der Waals surface area (Å²) in [5.74, 6) is 3.21. The molecule has 2 N–H and O–H groups in total. The largest absolute Gasteiger partial charge is 0.393 e. The molecule has 0 amide bonds. The quantitative estimate of drug-likeness (QED) is 0.714. The smallest absolute Gasteiger partial charge is 0.0596 e. The van der Waals surface area contributed by atoms with Crippen LogP contribution in [-0.2, 0) is 0 Å². The van der Waals surface area contributed by atoms with E-state index in [0.717, 1.165) is 42.9 Å². The maximum atomic E-state index is 10.5. The minimum absolute atomic E-state index is 0.0400. The second-order valence-corrected chi connectivity index (χ2v) is 9.22. The van der Waals surface area contributed by atoms with Crippen LogP contribution >= 0.6 is 0 Å².